The summed E-state index contributed by atoms with van der Waals surface area (Å²) in [6, 6.07) is 22.9. The van der Waals surface area contributed by atoms with E-state index in [1.807, 2.05) is 30.3 Å². The van der Waals surface area contributed by atoms with E-state index in [0.717, 1.165) is 6.20 Å². The summed E-state index contributed by atoms with van der Waals surface area (Å²) < 4.78 is 37.2. The quantitative estimate of drug-likeness (QED) is 0.288. The number of carbonyl (C=O) groups is 1. The maximum atomic E-state index is 12.4. The third kappa shape index (κ3) is 6.17. The van der Waals surface area contributed by atoms with Gasteiger partial charge in [0.2, 0.25) is 0 Å². The van der Waals surface area contributed by atoms with Gasteiger partial charge in [0.1, 0.15) is 23.1 Å². The molecule has 3 aromatic carbocycles. The molecule has 31 heavy (non-hydrogen) atoms. The molecule has 0 aliphatic heterocycles. The van der Waals surface area contributed by atoms with Crippen LogP contribution < -0.4 is 15.4 Å². The summed E-state index contributed by atoms with van der Waals surface area (Å²) in [5.41, 5.74) is 0.500. The van der Waals surface area contributed by atoms with E-state index >= 15 is 0 Å². The van der Waals surface area contributed by atoms with Crippen LogP contribution in [0.5, 0.6) is 11.5 Å². The molecule has 3 rings (SSSR count). The van der Waals surface area contributed by atoms with Gasteiger partial charge in [0.05, 0.1) is 4.90 Å². The molecule has 0 saturated carbocycles. The van der Waals surface area contributed by atoms with E-state index in [9.17, 15) is 18.5 Å². The van der Waals surface area contributed by atoms with Gasteiger partial charge in [-0.05, 0) is 54.6 Å². The lowest BCUT2D eigenvalue weighted by Gasteiger charge is -2.08. The molecule has 0 atom stereocenters. The van der Waals surface area contributed by atoms with Crippen molar-refractivity contribution in [3.8, 4) is 17.6 Å². The Morgan fingerprint density at radius 2 is 1.61 bits per heavy atom. The smallest absolute Gasteiger partial charge is 0.294 e. The molecule has 8 nitrogen and oxygen atoms in total. The highest BCUT2D eigenvalue weighted by atomic mass is 32.2. The summed E-state index contributed by atoms with van der Waals surface area (Å²) in [7, 11) is -4.37. The third-order valence-corrected chi connectivity index (χ3v) is 4.82. The van der Waals surface area contributed by atoms with Crippen LogP contribution in [0.2, 0.25) is 0 Å². The highest BCUT2D eigenvalue weighted by Gasteiger charge is 2.11. The molecule has 3 aromatic rings. The molecular weight excluding hydrogens is 418 g/mol. The fraction of sp³-hybridized carbons (Fsp3) is 0. The van der Waals surface area contributed by atoms with Gasteiger partial charge in [-0.3, -0.25) is 9.35 Å². The predicted molar refractivity (Wildman–Crippen MR) is 115 cm³/mol. The lowest BCUT2D eigenvalue weighted by atomic mass is 10.2. The van der Waals surface area contributed by atoms with Crippen molar-refractivity contribution in [2.24, 2.45) is 0 Å². The Bertz CT molecular complexity index is 1250. The molecule has 0 aliphatic carbocycles. The number of hydrogen-bond donors (Lipinski definition) is 3. The van der Waals surface area contributed by atoms with E-state index in [1.165, 1.54) is 24.3 Å². The minimum absolute atomic E-state index is 0.234. The van der Waals surface area contributed by atoms with Crippen molar-refractivity contribution in [3.63, 3.8) is 0 Å². The first-order chi connectivity index (χ1) is 14.8. The number of amides is 1. The molecule has 1 amide bonds. The molecule has 3 N–H and O–H groups in total. The van der Waals surface area contributed by atoms with Gasteiger partial charge < -0.3 is 15.4 Å². The van der Waals surface area contributed by atoms with Crippen molar-refractivity contribution < 1.29 is 22.5 Å². The summed E-state index contributed by atoms with van der Waals surface area (Å²) in [6.45, 7) is 0. The van der Waals surface area contributed by atoms with Gasteiger partial charge >= 0.3 is 0 Å². The lowest BCUT2D eigenvalue weighted by Crippen LogP contribution is -2.14. The molecule has 9 heteroatoms. The van der Waals surface area contributed by atoms with E-state index < -0.39 is 16.0 Å². The average Bonchev–Trinajstić information content (AvgIpc) is 2.76. The van der Waals surface area contributed by atoms with E-state index in [2.05, 4.69) is 10.6 Å². The van der Waals surface area contributed by atoms with Crippen molar-refractivity contribution in [2.75, 3.05) is 10.6 Å². The van der Waals surface area contributed by atoms with Crippen LogP contribution >= 0.6 is 0 Å². The van der Waals surface area contributed by atoms with E-state index in [-0.39, 0.29) is 16.2 Å². The highest BCUT2D eigenvalue weighted by molar-refractivity contribution is 7.85. The zero-order chi connectivity index (χ0) is 22.3. The minimum atomic E-state index is -4.37. The van der Waals surface area contributed by atoms with Crippen molar-refractivity contribution >= 4 is 27.4 Å². The number of ether oxygens (including phenoxy) is 1. The number of anilines is 2. The van der Waals surface area contributed by atoms with Crippen molar-refractivity contribution in [2.45, 2.75) is 4.90 Å². The largest absolute Gasteiger partial charge is 0.457 e. The zero-order valence-electron chi connectivity index (χ0n) is 16.0. The SMILES string of the molecule is N#C/C(=C/Nc1cccc(S(=O)(=O)O)c1)C(=O)Nc1ccc(Oc2ccccc2)cc1. The number of benzene rings is 3. The van der Waals surface area contributed by atoms with Crippen LogP contribution in [-0.2, 0) is 14.9 Å². The normalized spacial score (nSPS) is 11.3. The van der Waals surface area contributed by atoms with E-state index in [1.54, 1.807) is 30.3 Å². The first-order valence-corrected chi connectivity index (χ1v) is 10.4. The maximum absolute atomic E-state index is 12.4. The molecule has 0 heterocycles. The Morgan fingerprint density at radius 1 is 0.935 bits per heavy atom. The molecule has 0 unspecified atom stereocenters. The second kappa shape index (κ2) is 9.58. The second-order valence-electron chi connectivity index (χ2n) is 6.21. The van der Waals surface area contributed by atoms with Gasteiger partial charge in [-0.2, -0.15) is 13.7 Å². The van der Waals surface area contributed by atoms with Gasteiger partial charge in [-0.1, -0.05) is 24.3 Å². The molecule has 156 valence electrons. The highest BCUT2D eigenvalue weighted by Crippen LogP contribution is 2.23. The molecule has 0 aliphatic rings. The Morgan fingerprint density at radius 3 is 2.26 bits per heavy atom. The van der Waals surface area contributed by atoms with Crippen LogP contribution in [0.15, 0.2) is 95.5 Å². The third-order valence-electron chi connectivity index (χ3n) is 3.97. The van der Waals surface area contributed by atoms with Crippen molar-refractivity contribution in [1.29, 1.82) is 5.26 Å². The standard InChI is InChI=1S/C22H17N3O5S/c23-14-16(15-24-18-5-4-8-21(13-18)31(27,28)29)22(26)25-17-9-11-20(12-10-17)30-19-6-2-1-3-7-19/h1-13,15,24H,(H,25,26)(H,27,28,29)/b16-15-. The molecular formula is C22H17N3O5S. The maximum Gasteiger partial charge on any atom is 0.294 e. The molecule has 0 saturated heterocycles. The monoisotopic (exact) mass is 435 g/mol. The van der Waals surface area contributed by atoms with Gasteiger partial charge in [-0.15, -0.1) is 0 Å². The van der Waals surface area contributed by atoms with Crippen molar-refractivity contribution in [3.05, 3.63) is 90.6 Å². The molecule has 0 fully saturated rings. The number of carbonyl (C=O) groups excluding carboxylic acids is 1. The van der Waals surface area contributed by atoms with E-state index in [4.69, 9.17) is 9.29 Å². The molecule has 0 radical (unpaired) electrons. The summed E-state index contributed by atoms with van der Waals surface area (Å²) in [5.74, 6) is 0.608. The van der Waals surface area contributed by atoms with Gasteiger partial charge in [0, 0.05) is 17.6 Å². The van der Waals surface area contributed by atoms with Crippen LogP contribution in [0, 0.1) is 11.3 Å². The van der Waals surface area contributed by atoms with Crippen LogP contribution in [0.1, 0.15) is 0 Å². The topological polar surface area (TPSA) is 129 Å². The first-order valence-electron chi connectivity index (χ1n) is 8.94. The Balaban J connectivity index is 1.65. The lowest BCUT2D eigenvalue weighted by molar-refractivity contribution is -0.112. The number of nitrogens with zero attached hydrogens (tertiary/aromatic N) is 1. The van der Waals surface area contributed by atoms with Gasteiger partial charge in [0.25, 0.3) is 16.0 Å². The van der Waals surface area contributed by atoms with Crippen LogP contribution in [0.25, 0.3) is 0 Å². The molecule has 0 bridgehead atoms. The van der Waals surface area contributed by atoms with Crippen molar-refractivity contribution in [1.82, 2.24) is 0 Å². The molecule has 0 spiro atoms. The Kier molecular flexibility index (Phi) is 6.67. The van der Waals surface area contributed by atoms with Crippen LogP contribution in [0.3, 0.4) is 0 Å². The predicted octanol–water partition coefficient (Wildman–Crippen LogP) is 4.18. The number of rotatable bonds is 7. The minimum Gasteiger partial charge on any atom is -0.457 e. The number of nitriles is 1. The first kappa shape index (κ1) is 21.6. The van der Waals surface area contributed by atoms with Crippen LogP contribution in [-0.4, -0.2) is 18.9 Å². The number of para-hydroxylation sites is 1. The fourth-order valence-electron chi connectivity index (χ4n) is 2.48. The van der Waals surface area contributed by atoms with Crippen LogP contribution in [0.4, 0.5) is 11.4 Å². The average molecular weight is 435 g/mol. The van der Waals surface area contributed by atoms with Gasteiger partial charge in [-0.25, -0.2) is 0 Å². The zero-order valence-corrected chi connectivity index (χ0v) is 16.8. The summed E-state index contributed by atoms with van der Waals surface area (Å²) in [4.78, 5) is 12.0. The van der Waals surface area contributed by atoms with E-state index in [0.29, 0.717) is 17.2 Å². The fourth-order valence-corrected chi connectivity index (χ4v) is 3.01. The summed E-state index contributed by atoms with van der Waals surface area (Å²) in [6.07, 6.45) is 1.14. The van der Waals surface area contributed by atoms with Gasteiger partial charge in [0.15, 0.2) is 0 Å². The Labute approximate surface area is 179 Å². The second-order valence-corrected chi connectivity index (χ2v) is 7.63. The Hall–Kier alpha value is -4.13. The number of hydrogen-bond acceptors (Lipinski definition) is 6. The number of nitrogens with one attached hydrogen (secondary N) is 2. The molecule has 0 aromatic heterocycles. The summed E-state index contributed by atoms with van der Waals surface area (Å²) in [5, 5.41) is 14.5. The summed E-state index contributed by atoms with van der Waals surface area (Å²) >= 11 is 0.